The molecule has 2 aliphatic heterocycles. The van der Waals surface area contributed by atoms with Crippen molar-refractivity contribution in [3.8, 4) is 23.0 Å². The van der Waals surface area contributed by atoms with Gasteiger partial charge in [0.1, 0.15) is 11.0 Å². The highest BCUT2D eigenvalue weighted by Crippen LogP contribution is 2.33. The lowest BCUT2D eigenvalue weighted by Gasteiger charge is -2.35. The Morgan fingerprint density at radius 2 is 1.70 bits per heavy atom. The molecule has 0 radical (unpaired) electrons. The number of amides is 1. The first-order chi connectivity index (χ1) is 22.5. The van der Waals surface area contributed by atoms with Gasteiger partial charge < -0.3 is 29.2 Å². The molecular weight excluding hydrogens is 626 g/mol. The Labute approximate surface area is 278 Å². The number of nitrogens with one attached hydrogen (secondary N) is 1. The molecule has 1 N–H and O–H groups in total. The quantitative estimate of drug-likeness (QED) is 0.120. The minimum atomic E-state index is -0.119. The summed E-state index contributed by atoms with van der Waals surface area (Å²) in [4.78, 5) is 26.8. The molecule has 0 aliphatic carbocycles. The summed E-state index contributed by atoms with van der Waals surface area (Å²) < 4.78 is 21.6. The second-order valence-electron chi connectivity index (χ2n) is 11.0. The maximum absolute atomic E-state index is 12.9. The van der Waals surface area contributed by atoms with Crippen LogP contribution in [-0.4, -0.2) is 74.5 Å². The fraction of sp³-hybridized carbons (Fsp3) is 0.324. The van der Waals surface area contributed by atoms with Crippen molar-refractivity contribution < 1.29 is 23.7 Å². The molecule has 1 amide bonds. The molecule has 3 heterocycles. The summed E-state index contributed by atoms with van der Waals surface area (Å²) in [6.07, 6.45) is 0.672. The third kappa shape index (κ3) is 7.96. The van der Waals surface area contributed by atoms with Crippen LogP contribution in [0.25, 0.3) is 0 Å². The highest BCUT2D eigenvalue weighted by Gasteiger charge is 2.21. The van der Waals surface area contributed by atoms with E-state index in [4.69, 9.17) is 35.5 Å². The van der Waals surface area contributed by atoms with E-state index in [9.17, 15) is 4.79 Å². The Morgan fingerprint density at radius 3 is 2.52 bits per heavy atom. The van der Waals surface area contributed by atoms with Crippen molar-refractivity contribution in [1.82, 2.24) is 20.2 Å². The largest absolute Gasteiger partial charge is 0.493 e. The Balaban J connectivity index is 0.993. The number of carbonyl (C=O) groups excluding carboxylic acids is 1. The smallest absolute Gasteiger partial charge is 0.251 e. The SMILES string of the molecule is COc1ccc(CCNC(=O)c2cccc(CSc3nc(Cl)cc(N4CCN(Cc5ccc6c(c5)OCO6)CC4)n3)c2)cc1OC. The van der Waals surface area contributed by atoms with Crippen LogP contribution in [0.2, 0.25) is 5.15 Å². The van der Waals surface area contributed by atoms with Crippen molar-refractivity contribution in [2.75, 3.05) is 58.6 Å². The molecule has 3 aromatic carbocycles. The lowest BCUT2D eigenvalue weighted by Crippen LogP contribution is -2.46. The Bertz CT molecular complexity index is 1680. The summed E-state index contributed by atoms with van der Waals surface area (Å²) in [5, 5.41) is 4.03. The van der Waals surface area contributed by atoms with Crippen molar-refractivity contribution in [1.29, 1.82) is 0 Å². The van der Waals surface area contributed by atoms with E-state index < -0.39 is 0 Å². The zero-order chi connectivity index (χ0) is 31.9. The molecule has 1 aromatic heterocycles. The van der Waals surface area contributed by atoms with Crippen LogP contribution in [-0.2, 0) is 18.7 Å². The van der Waals surface area contributed by atoms with Gasteiger partial charge >= 0.3 is 0 Å². The summed E-state index contributed by atoms with van der Waals surface area (Å²) in [6.45, 7) is 5.12. The lowest BCUT2D eigenvalue weighted by atomic mass is 10.1. The highest BCUT2D eigenvalue weighted by atomic mass is 35.5. The van der Waals surface area contributed by atoms with Crippen LogP contribution in [0.3, 0.4) is 0 Å². The molecular formula is C34H36ClN5O5S. The minimum Gasteiger partial charge on any atom is -0.493 e. The predicted octanol–water partition coefficient (Wildman–Crippen LogP) is 5.46. The van der Waals surface area contributed by atoms with E-state index in [0.717, 1.165) is 61.2 Å². The fourth-order valence-corrected chi connectivity index (χ4v) is 6.48. The first-order valence-electron chi connectivity index (χ1n) is 15.1. The minimum absolute atomic E-state index is 0.119. The number of ether oxygens (including phenoxy) is 4. The number of methoxy groups -OCH3 is 2. The third-order valence-electron chi connectivity index (χ3n) is 7.90. The number of fused-ring (bicyclic) bond motifs is 1. The van der Waals surface area contributed by atoms with E-state index in [1.807, 2.05) is 54.6 Å². The van der Waals surface area contributed by atoms with Crippen molar-refractivity contribution in [3.63, 3.8) is 0 Å². The van der Waals surface area contributed by atoms with Gasteiger partial charge in [-0.3, -0.25) is 9.69 Å². The summed E-state index contributed by atoms with van der Waals surface area (Å²) in [7, 11) is 3.22. The van der Waals surface area contributed by atoms with Crippen molar-refractivity contribution >= 4 is 35.1 Å². The first kappa shape index (κ1) is 31.8. The Kier molecular flexibility index (Phi) is 10.3. The Hall–Kier alpha value is -4.19. The number of thioether (sulfide) groups is 1. The number of hydrogen-bond acceptors (Lipinski definition) is 10. The number of benzene rings is 3. The molecule has 46 heavy (non-hydrogen) atoms. The number of rotatable bonds is 12. The molecule has 0 unspecified atom stereocenters. The summed E-state index contributed by atoms with van der Waals surface area (Å²) >= 11 is 7.94. The molecule has 0 spiro atoms. The standard InChI is InChI=1S/C34H36ClN5O5S/c1-42-27-8-6-23(17-29(27)43-2)10-11-36-33(41)26-5-3-4-25(16-26)21-46-34-37-31(35)19-32(38-34)40-14-12-39(13-15-40)20-24-7-9-28-30(18-24)45-22-44-28/h3-9,16-19H,10-15,20-22H2,1-2H3,(H,36,41). The second-order valence-corrected chi connectivity index (χ2v) is 12.3. The topological polar surface area (TPSA) is 98.3 Å². The monoisotopic (exact) mass is 661 g/mol. The molecule has 12 heteroatoms. The number of anilines is 1. The molecule has 1 fully saturated rings. The molecule has 10 nitrogen and oxygen atoms in total. The van der Waals surface area contributed by atoms with Gasteiger partial charge in [0.15, 0.2) is 28.2 Å². The number of carbonyl (C=O) groups is 1. The van der Waals surface area contributed by atoms with Gasteiger partial charge in [-0.15, -0.1) is 0 Å². The fourth-order valence-electron chi connectivity index (χ4n) is 5.45. The van der Waals surface area contributed by atoms with Crippen molar-refractivity contribution in [2.45, 2.75) is 23.9 Å². The number of piperazine rings is 1. The van der Waals surface area contributed by atoms with Crippen molar-refractivity contribution in [3.05, 3.63) is 94.1 Å². The molecule has 0 saturated carbocycles. The van der Waals surface area contributed by atoms with Crippen LogP contribution >= 0.6 is 23.4 Å². The van der Waals surface area contributed by atoms with Gasteiger partial charge in [-0.05, 0) is 59.5 Å². The second kappa shape index (κ2) is 14.9. The number of hydrogen-bond donors (Lipinski definition) is 1. The molecule has 6 rings (SSSR count). The molecule has 1 saturated heterocycles. The van der Waals surface area contributed by atoms with E-state index in [1.54, 1.807) is 14.2 Å². The van der Waals surface area contributed by atoms with Crippen LogP contribution in [0.15, 0.2) is 71.9 Å². The van der Waals surface area contributed by atoms with E-state index in [2.05, 4.69) is 32.2 Å². The van der Waals surface area contributed by atoms with Crippen LogP contribution < -0.4 is 29.2 Å². The van der Waals surface area contributed by atoms with Gasteiger partial charge in [-0.2, -0.15) is 0 Å². The maximum Gasteiger partial charge on any atom is 0.251 e. The molecule has 2 aliphatic rings. The molecule has 0 bridgehead atoms. The van der Waals surface area contributed by atoms with E-state index in [-0.39, 0.29) is 12.7 Å². The van der Waals surface area contributed by atoms with Gasteiger partial charge in [0, 0.05) is 56.7 Å². The number of aromatic nitrogens is 2. The highest BCUT2D eigenvalue weighted by molar-refractivity contribution is 7.98. The number of halogens is 1. The van der Waals surface area contributed by atoms with Gasteiger partial charge in [-0.1, -0.05) is 47.6 Å². The lowest BCUT2D eigenvalue weighted by molar-refractivity contribution is 0.0954. The average Bonchev–Trinajstić information content (AvgIpc) is 3.55. The van der Waals surface area contributed by atoms with Gasteiger partial charge in [0.05, 0.1) is 14.2 Å². The first-order valence-corrected chi connectivity index (χ1v) is 16.4. The van der Waals surface area contributed by atoms with Gasteiger partial charge in [-0.25, -0.2) is 9.97 Å². The summed E-state index contributed by atoms with van der Waals surface area (Å²) in [6, 6.07) is 21.3. The third-order valence-corrected chi connectivity index (χ3v) is 9.02. The van der Waals surface area contributed by atoms with E-state index in [1.165, 1.54) is 17.3 Å². The average molecular weight is 662 g/mol. The van der Waals surface area contributed by atoms with E-state index >= 15 is 0 Å². The zero-order valence-corrected chi connectivity index (χ0v) is 27.4. The van der Waals surface area contributed by atoms with Gasteiger partial charge in [0.2, 0.25) is 6.79 Å². The maximum atomic E-state index is 12.9. The van der Waals surface area contributed by atoms with Crippen LogP contribution in [0, 0.1) is 0 Å². The summed E-state index contributed by atoms with van der Waals surface area (Å²) in [5.41, 5.74) is 3.86. The summed E-state index contributed by atoms with van der Waals surface area (Å²) in [5.74, 6) is 4.28. The zero-order valence-electron chi connectivity index (χ0n) is 25.8. The van der Waals surface area contributed by atoms with Crippen molar-refractivity contribution in [2.24, 2.45) is 0 Å². The number of nitrogens with zero attached hydrogens (tertiary/aromatic N) is 4. The predicted molar refractivity (Wildman–Crippen MR) is 179 cm³/mol. The Morgan fingerprint density at radius 1 is 0.891 bits per heavy atom. The molecule has 240 valence electrons. The molecule has 4 aromatic rings. The van der Waals surface area contributed by atoms with E-state index in [0.29, 0.717) is 46.1 Å². The normalized spacial score (nSPS) is 14.3. The van der Waals surface area contributed by atoms with Crippen LogP contribution in [0.1, 0.15) is 27.0 Å². The molecule has 0 atom stereocenters. The van der Waals surface area contributed by atoms with Crippen LogP contribution in [0.5, 0.6) is 23.0 Å². The van der Waals surface area contributed by atoms with Gasteiger partial charge in [0.25, 0.3) is 5.91 Å². The van der Waals surface area contributed by atoms with Crippen LogP contribution in [0.4, 0.5) is 5.82 Å².